The van der Waals surface area contributed by atoms with Crippen LogP contribution in [0.4, 0.5) is 0 Å². The van der Waals surface area contributed by atoms with E-state index in [1.54, 1.807) is 12.1 Å². The van der Waals surface area contributed by atoms with Crippen molar-refractivity contribution in [3.05, 3.63) is 66.0 Å². The fourth-order valence-electron chi connectivity index (χ4n) is 1.61. The highest BCUT2D eigenvalue weighted by atomic mass is 16.5. The Balaban J connectivity index is 2.11. The molecule has 0 atom stereocenters. The highest BCUT2D eigenvalue weighted by Crippen LogP contribution is 2.00. The number of nitrogens with zero attached hydrogens (tertiary/aromatic N) is 1. The van der Waals surface area contributed by atoms with E-state index in [0.29, 0.717) is 5.56 Å². The molecule has 1 aromatic heterocycles. The van der Waals surface area contributed by atoms with Crippen molar-refractivity contribution in [2.75, 3.05) is 7.11 Å². The summed E-state index contributed by atoms with van der Waals surface area (Å²) in [6.45, 7) is 0.794. The normalized spacial score (nSPS) is 9.94. The van der Waals surface area contributed by atoms with E-state index in [0.717, 1.165) is 6.54 Å². The number of carbonyl (C=O) groups is 1. The van der Waals surface area contributed by atoms with Gasteiger partial charge in [-0.25, -0.2) is 9.36 Å². The summed E-state index contributed by atoms with van der Waals surface area (Å²) in [4.78, 5) is 11.3. The maximum atomic E-state index is 11.3. The Hall–Kier alpha value is -2.16. The predicted molar refractivity (Wildman–Crippen MR) is 63.5 cm³/mol. The average molecular weight is 228 g/mol. The molecule has 17 heavy (non-hydrogen) atoms. The summed E-state index contributed by atoms with van der Waals surface area (Å²) in [6, 6.07) is 13.7. The number of rotatable bonds is 3. The first-order valence-corrected chi connectivity index (χ1v) is 5.41. The van der Waals surface area contributed by atoms with E-state index in [1.165, 1.54) is 12.7 Å². The third kappa shape index (κ3) is 2.91. The molecule has 0 fully saturated rings. The van der Waals surface area contributed by atoms with E-state index in [-0.39, 0.29) is 5.97 Å². The van der Waals surface area contributed by atoms with Gasteiger partial charge in [-0.2, -0.15) is 0 Å². The van der Waals surface area contributed by atoms with Crippen LogP contribution in [0.1, 0.15) is 15.9 Å². The van der Waals surface area contributed by atoms with Crippen LogP contribution in [0.15, 0.2) is 54.9 Å². The molecule has 3 heteroatoms. The summed E-state index contributed by atoms with van der Waals surface area (Å²) >= 11 is 0. The van der Waals surface area contributed by atoms with Crippen LogP contribution in [-0.4, -0.2) is 13.1 Å². The van der Waals surface area contributed by atoms with Crippen LogP contribution in [0.3, 0.4) is 0 Å². The molecule has 0 amide bonds. The molecule has 3 nitrogen and oxygen atoms in total. The summed E-state index contributed by atoms with van der Waals surface area (Å²) in [5.41, 5.74) is 1.79. The maximum Gasteiger partial charge on any atom is 0.338 e. The lowest BCUT2D eigenvalue weighted by Crippen LogP contribution is -2.33. The number of ether oxygens (including phenoxy) is 1. The second kappa shape index (κ2) is 5.25. The van der Waals surface area contributed by atoms with Crippen molar-refractivity contribution in [3.8, 4) is 0 Å². The van der Waals surface area contributed by atoms with Crippen molar-refractivity contribution in [2.45, 2.75) is 6.54 Å². The van der Waals surface area contributed by atoms with E-state index in [1.807, 2.05) is 35.2 Å². The lowest BCUT2D eigenvalue weighted by atomic mass is 10.2. The average Bonchev–Trinajstić information content (AvgIpc) is 2.40. The second-order valence-corrected chi connectivity index (χ2v) is 3.74. The number of hydrogen-bond acceptors (Lipinski definition) is 2. The molecule has 0 aliphatic heterocycles. The SMILES string of the molecule is COC(=O)c1cc[n+](Cc2ccccc2)cc1. The fourth-order valence-corrected chi connectivity index (χ4v) is 1.61. The Morgan fingerprint density at radius 1 is 1.12 bits per heavy atom. The van der Waals surface area contributed by atoms with Crippen LogP contribution in [-0.2, 0) is 11.3 Å². The summed E-state index contributed by atoms with van der Waals surface area (Å²) < 4.78 is 6.66. The number of benzene rings is 1. The van der Waals surface area contributed by atoms with Gasteiger partial charge < -0.3 is 4.74 Å². The van der Waals surface area contributed by atoms with Gasteiger partial charge in [0.05, 0.1) is 12.7 Å². The minimum absolute atomic E-state index is 0.308. The summed E-state index contributed by atoms with van der Waals surface area (Å²) in [6.07, 6.45) is 3.75. The molecule has 2 aromatic rings. The molecule has 0 N–H and O–H groups in total. The molecule has 86 valence electrons. The van der Waals surface area contributed by atoms with Gasteiger partial charge in [-0.3, -0.25) is 0 Å². The molecule has 2 rings (SSSR count). The smallest absolute Gasteiger partial charge is 0.338 e. The van der Waals surface area contributed by atoms with Gasteiger partial charge in [0.1, 0.15) is 0 Å². The lowest BCUT2D eigenvalue weighted by Gasteiger charge is -1.99. The maximum absolute atomic E-state index is 11.3. The van der Waals surface area contributed by atoms with Crippen molar-refractivity contribution in [2.24, 2.45) is 0 Å². The molecule has 0 radical (unpaired) electrons. The van der Waals surface area contributed by atoms with Crippen molar-refractivity contribution in [3.63, 3.8) is 0 Å². The van der Waals surface area contributed by atoms with Crippen LogP contribution in [0.5, 0.6) is 0 Å². The number of pyridine rings is 1. The minimum Gasteiger partial charge on any atom is -0.465 e. The number of aromatic nitrogens is 1. The van der Waals surface area contributed by atoms with Gasteiger partial charge in [0.2, 0.25) is 0 Å². The number of carbonyl (C=O) groups excluding carboxylic acids is 1. The van der Waals surface area contributed by atoms with Crippen molar-refractivity contribution >= 4 is 5.97 Å². The minimum atomic E-state index is -0.308. The first kappa shape index (κ1) is 11.3. The van der Waals surface area contributed by atoms with Crippen LogP contribution >= 0.6 is 0 Å². The van der Waals surface area contributed by atoms with E-state index < -0.39 is 0 Å². The molecule has 0 saturated heterocycles. The van der Waals surface area contributed by atoms with Gasteiger partial charge in [-0.15, -0.1) is 0 Å². The van der Waals surface area contributed by atoms with E-state index in [9.17, 15) is 4.79 Å². The highest BCUT2D eigenvalue weighted by molar-refractivity contribution is 5.88. The fraction of sp³-hybridized carbons (Fsp3) is 0.143. The lowest BCUT2D eigenvalue weighted by molar-refractivity contribution is -0.688. The van der Waals surface area contributed by atoms with Gasteiger partial charge >= 0.3 is 5.97 Å². The van der Waals surface area contributed by atoms with Gasteiger partial charge in [-0.05, 0) is 0 Å². The summed E-state index contributed by atoms with van der Waals surface area (Å²) in [5.74, 6) is -0.308. The number of methoxy groups -OCH3 is 1. The van der Waals surface area contributed by atoms with Crippen molar-refractivity contribution in [1.29, 1.82) is 0 Å². The van der Waals surface area contributed by atoms with Crippen LogP contribution in [0.2, 0.25) is 0 Å². The first-order valence-electron chi connectivity index (χ1n) is 5.41. The molecule has 0 spiro atoms. The Labute approximate surface area is 100 Å². The number of hydrogen-bond donors (Lipinski definition) is 0. The Kier molecular flexibility index (Phi) is 3.50. The van der Waals surface area contributed by atoms with Gasteiger partial charge in [-0.1, -0.05) is 30.3 Å². The highest BCUT2D eigenvalue weighted by Gasteiger charge is 2.08. The molecule has 0 aliphatic rings. The van der Waals surface area contributed by atoms with Crippen molar-refractivity contribution < 1.29 is 14.1 Å². The molecule has 1 aromatic carbocycles. The summed E-state index contributed by atoms with van der Waals surface area (Å²) in [5, 5.41) is 0. The molecular formula is C14H14NO2+. The van der Waals surface area contributed by atoms with Crippen LogP contribution in [0, 0.1) is 0 Å². The number of esters is 1. The molecule has 0 bridgehead atoms. The quantitative estimate of drug-likeness (QED) is 0.592. The predicted octanol–water partition coefficient (Wildman–Crippen LogP) is 1.81. The third-order valence-electron chi connectivity index (χ3n) is 2.52. The van der Waals surface area contributed by atoms with E-state index in [2.05, 4.69) is 16.9 Å². The zero-order chi connectivity index (χ0) is 12.1. The van der Waals surface area contributed by atoms with Gasteiger partial charge in [0.25, 0.3) is 0 Å². The molecular weight excluding hydrogens is 214 g/mol. The molecule has 0 saturated carbocycles. The summed E-state index contributed by atoms with van der Waals surface area (Å²) in [7, 11) is 1.38. The van der Waals surface area contributed by atoms with Crippen molar-refractivity contribution in [1.82, 2.24) is 0 Å². The molecule has 1 heterocycles. The van der Waals surface area contributed by atoms with Gasteiger partial charge in [0, 0.05) is 17.7 Å². The van der Waals surface area contributed by atoms with Crippen LogP contribution in [0.25, 0.3) is 0 Å². The zero-order valence-electron chi connectivity index (χ0n) is 9.67. The first-order chi connectivity index (χ1) is 8.29. The standard InChI is InChI=1S/C14H14NO2/c1-17-14(16)13-7-9-15(10-8-13)11-12-5-3-2-4-6-12/h2-10H,11H2,1H3/q+1. The monoisotopic (exact) mass is 228 g/mol. The van der Waals surface area contributed by atoms with Gasteiger partial charge in [0.15, 0.2) is 18.9 Å². The largest absolute Gasteiger partial charge is 0.465 e. The Bertz CT molecular complexity index is 491. The molecule has 0 aliphatic carbocycles. The molecule has 0 unspecified atom stereocenters. The second-order valence-electron chi connectivity index (χ2n) is 3.74. The van der Waals surface area contributed by atoms with E-state index >= 15 is 0 Å². The van der Waals surface area contributed by atoms with E-state index in [4.69, 9.17) is 0 Å². The Morgan fingerprint density at radius 2 is 1.76 bits per heavy atom. The van der Waals surface area contributed by atoms with Crippen LogP contribution < -0.4 is 4.57 Å². The topological polar surface area (TPSA) is 30.2 Å². The zero-order valence-corrected chi connectivity index (χ0v) is 9.67. The third-order valence-corrected chi connectivity index (χ3v) is 2.52. The Morgan fingerprint density at radius 3 is 2.35 bits per heavy atom.